The summed E-state index contributed by atoms with van der Waals surface area (Å²) in [5, 5.41) is 8.06. The van der Waals surface area contributed by atoms with Crippen LogP contribution in [0.1, 0.15) is 44.1 Å². The molecular weight excluding hydrogens is 248 g/mol. The molecule has 2 rings (SSSR count). The second-order valence-electron chi connectivity index (χ2n) is 4.94. The Morgan fingerprint density at radius 1 is 1.15 bits per heavy atom. The molecule has 0 aliphatic carbocycles. The predicted octanol–water partition coefficient (Wildman–Crippen LogP) is 2.89. The molecule has 0 aromatic carbocycles. The van der Waals surface area contributed by atoms with E-state index >= 15 is 0 Å². The largest absolute Gasteiger partial charge is 0.313 e. The highest BCUT2D eigenvalue weighted by Crippen LogP contribution is 2.13. The van der Waals surface area contributed by atoms with Gasteiger partial charge in [-0.1, -0.05) is 20.8 Å². The van der Waals surface area contributed by atoms with Crippen LogP contribution in [0.25, 0.3) is 5.82 Å². The van der Waals surface area contributed by atoms with Gasteiger partial charge in [-0.05, 0) is 49.6 Å². The fourth-order valence-electron chi connectivity index (χ4n) is 2.19. The lowest BCUT2D eigenvalue weighted by atomic mass is 10.2. The Hall–Kier alpha value is -1.68. The third-order valence-electron chi connectivity index (χ3n) is 3.34. The van der Waals surface area contributed by atoms with Crippen molar-refractivity contribution in [3.05, 3.63) is 41.3 Å². The number of rotatable bonds is 7. The van der Waals surface area contributed by atoms with E-state index in [-0.39, 0.29) is 0 Å². The highest BCUT2D eigenvalue weighted by atomic mass is 15.3. The predicted molar refractivity (Wildman–Crippen MR) is 82.1 cm³/mol. The lowest BCUT2D eigenvalue weighted by Crippen LogP contribution is -2.14. The maximum atomic E-state index is 4.64. The monoisotopic (exact) mass is 272 g/mol. The summed E-state index contributed by atoms with van der Waals surface area (Å²) in [7, 11) is 0. The van der Waals surface area contributed by atoms with Gasteiger partial charge in [-0.2, -0.15) is 5.10 Å². The molecule has 1 N–H and O–H groups in total. The van der Waals surface area contributed by atoms with Gasteiger partial charge in [0.25, 0.3) is 0 Å². The molecule has 0 bridgehead atoms. The molecule has 4 nitrogen and oxygen atoms in total. The molecule has 4 heteroatoms. The molecule has 0 radical (unpaired) electrons. The fraction of sp³-hybridized carbons (Fsp3) is 0.500. The van der Waals surface area contributed by atoms with Crippen molar-refractivity contribution < 1.29 is 0 Å². The summed E-state index contributed by atoms with van der Waals surface area (Å²) in [6.45, 7) is 8.38. The summed E-state index contributed by atoms with van der Waals surface area (Å²) in [6, 6.07) is 6.35. The summed E-state index contributed by atoms with van der Waals surface area (Å²) in [5.74, 6) is 0.914. The molecule has 2 aromatic rings. The van der Waals surface area contributed by atoms with Gasteiger partial charge in [0.05, 0.1) is 5.69 Å². The smallest absolute Gasteiger partial charge is 0.153 e. The molecule has 20 heavy (non-hydrogen) atoms. The third kappa shape index (κ3) is 3.45. The first kappa shape index (κ1) is 14.7. The van der Waals surface area contributed by atoms with Crippen molar-refractivity contribution in [1.29, 1.82) is 0 Å². The van der Waals surface area contributed by atoms with E-state index in [2.05, 4.69) is 54.4 Å². The Kier molecular flexibility index (Phi) is 5.30. The molecule has 2 aromatic heterocycles. The fourth-order valence-corrected chi connectivity index (χ4v) is 2.19. The van der Waals surface area contributed by atoms with Gasteiger partial charge in [0.15, 0.2) is 5.82 Å². The quantitative estimate of drug-likeness (QED) is 0.788. The van der Waals surface area contributed by atoms with Crippen molar-refractivity contribution in [1.82, 2.24) is 20.1 Å². The number of nitrogens with one attached hydrogen (secondary N) is 1. The van der Waals surface area contributed by atoms with Crippen LogP contribution in [0.5, 0.6) is 0 Å². The number of aromatic nitrogens is 3. The van der Waals surface area contributed by atoms with Crippen LogP contribution in [0.4, 0.5) is 0 Å². The SMILES string of the molecule is CCCNCc1ccnc(-n2nc(CC)cc2CC)c1. The van der Waals surface area contributed by atoms with E-state index in [0.717, 1.165) is 43.9 Å². The average Bonchev–Trinajstić information content (AvgIpc) is 2.91. The van der Waals surface area contributed by atoms with Gasteiger partial charge in [0.1, 0.15) is 0 Å². The van der Waals surface area contributed by atoms with E-state index < -0.39 is 0 Å². The van der Waals surface area contributed by atoms with E-state index in [4.69, 9.17) is 0 Å². The molecule has 0 spiro atoms. The van der Waals surface area contributed by atoms with Gasteiger partial charge in [-0.3, -0.25) is 0 Å². The average molecular weight is 272 g/mol. The van der Waals surface area contributed by atoms with Crippen molar-refractivity contribution >= 4 is 0 Å². The first-order chi connectivity index (χ1) is 9.78. The normalized spacial score (nSPS) is 10.9. The molecular formula is C16H24N4. The molecule has 0 fully saturated rings. The molecule has 0 amide bonds. The Morgan fingerprint density at radius 3 is 2.70 bits per heavy atom. The molecule has 0 saturated carbocycles. The van der Waals surface area contributed by atoms with E-state index in [1.165, 1.54) is 11.3 Å². The van der Waals surface area contributed by atoms with E-state index in [9.17, 15) is 0 Å². The molecule has 0 aliphatic heterocycles. The summed E-state index contributed by atoms with van der Waals surface area (Å²) < 4.78 is 1.97. The van der Waals surface area contributed by atoms with Gasteiger partial charge in [0.2, 0.25) is 0 Å². The van der Waals surface area contributed by atoms with E-state index in [1.54, 1.807) is 0 Å². The van der Waals surface area contributed by atoms with Gasteiger partial charge in [-0.25, -0.2) is 9.67 Å². The highest BCUT2D eigenvalue weighted by molar-refractivity contribution is 5.30. The topological polar surface area (TPSA) is 42.7 Å². The molecule has 2 heterocycles. The first-order valence-electron chi connectivity index (χ1n) is 7.52. The molecule has 0 atom stereocenters. The van der Waals surface area contributed by atoms with Crippen molar-refractivity contribution in [3.8, 4) is 5.82 Å². The summed E-state index contributed by atoms with van der Waals surface area (Å²) in [6.07, 6.45) is 4.94. The van der Waals surface area contributed by atoms with Gasteiger partial charge >= 0.3 is 0 Å². The molecule has 0 saturated heterocycles. The standard InChI is InChI=1S/C16H24N4/c1-4-8-17-12-13-7-9-18-16(10-13)20-15(6-3)11-14(5-2)19-20/h7,9-11,17H,4-6,8,12H2,1-3H3. The zero-order valence-electron chi connectivity index (χ0n) is 12.7. The highest BCUT2D eigenvalue weighted by Gasteiger charge is 2.08. The number of hydrogen-bond acceptors (Lipinski definition) is 3. The minimum atomic E-state index is 0.882. The second kappa shape index (κ2) is 7.20. The molecule has 0 aliphatic rings. The van der Waals surface area contributed by atoms with Crippen LogP contribution >= 0.6 is 0 Å². The zero-order chi connectivity index (χ0) is 14.4. The van der Waals surface area contributed by atoms with Crippen molar-refractivity contribution in [2.24, 2.45) is 0 Å². The van der Waals surface area contributed by atoms with Crippen LogP contribution in [0.3, 0.4) is 0 Å². The minimum absolute atomic E-state index is 0.882. The number of aryl methyl sites for hydroxylation is 2. The van der Waals surface area contributed by atoms with Crippen LogP contribution in [0.2, 0.25) is 0 Å². The Balaban J connectivity index is 2.23. The van der Waals surface area contributed by atoms with Gasteiger partial charge in [-0.15, -0.1) is 0 Å². The van der Waals surface area contributed by atoms with E-state index in [0.29, 0.717) is 0 Å². The second-order valence-corrected chi connectivity index (χ2v) is 4.94. The van der Waals surface area contributed by atoms with Gasteiger partial charge < -0.3 is 5.32 Å². The third-order valence-corrected chi connectivity index (χ3v) is 3.34. The molecule has 0 unspecified atom stereocenters. The van der Waals surface area contributed by atoms with Crippen molar-refractivity contribution in [2.75, 3.05) is 6.54 Å². The number of hydrogen-bond donors (Lipinski definition) is 1. The molecule has 108 valence electrons. The van der Waals surface area contributed by atoms with Crippen molar-refractivity contribution in [2.45, 2.75) is 46.6 Å². The van der Waals surface area contributed by atoms with Crippen LogP contribution < -0.4 is 5.32 Å². The summed E-state index contributed by atoms with van der Waals surface area (Å²) in [5.41, 5.74) is 3.59. The lowest BCUT2D eigenvalue weighted by Gasteiger charge is -2.08. The summed E-state index contributed by atoms with van der Waals surface area (Å²) in [4.78, 5) is 4.47. The zero-order valence-corrected chi connectivity index (χ0v) is 12.7. The summed E-state index contributed by atoms with van der Waals surface area (Å²) >= 11 is 0. The van der Waals surface area contributed by atoms with Crippen LogP contribution in [-0.2, 0) is 19.4 Å². The Morgan fingerprint density at radius 2 is 2.00 bits per heavy atom. The number of nitrogens with zero attached hydrogens (tertiary/aromatic N) is 3. The lowest BCUT2D eigenvalue weighted by molar-refractivity contribution is 0.673. The maximum absolute atomic E-state index is 4.64. The Labute approximate surface area is 121 Å². The number of pyridine rings is 1. The van der Waals surface area contributed by atoms with Crippen molar-refractivity contribution in [3.63, 3.8) is 0 Å². The van der Waals surface area contributed by atoms with Crippen LogP contribution in [-0.4, -0.2) is 21.3 Å². The maximum Gasteiger partial charge on any atom is 0.153 e. The van der Waals surface area contributed by atoms with Crippen LogP contribution in [0, 0.1) is 0 Å². The van der Waals surface area contributed by atoms with Gasteiger partial charge in [0, 0.05) is 18.4 Å². The van der Waals surface area contributed by atoms with E-state index in [1.807, 2.05) is 10.9 Å². The Bertz CT molecular complexity index is 545. The minimum Gasteiger partial charge on any atom is -0.313 e. The van der Waals surface area contributed by atoms with Crippen LogP contribution in [0.15, 0.2) is 24.4 Å². The first-order valence-corrected chi connectivity index (χ1v) is 7.52.